The van der Waals surface area contributed by atoms with Crippen LogP contribution >= 0.6 is 0 Å². The predicted octanol–water partition coefficient (Wildman–Crippen LogP) is 7.22. The summed E-state index contributed by atoms with van der Waals surface area (Å²) in [4.78, 5) is 4.98. The van der Waals surface area contributed by atoms with E-state index in [1.54, 1.807) is 0 Å². The van der Waals surface area contributed by atoms with Crippen molar-refractivity contribution < 1.29 is 9.15 Å². The van der Waals surface area contributed by atoms with E-state index in [0.29, 0.717) is 11.8 Å². The molecule has 0 saturated heterocycles. The second kappa shape index (κ2) is 9.86. The van der Waals surface area contributed by atoms with Gasteiger partial charge in [-0.05, 0) is 48.9 Å². The molecule has 0 spiro atoms. The topological polar surface area (TPSA) is 18.9 Å². The molecular weight excluding hydrogens is 390 g/mol. The van der Waals surface area contributed by atoms with Crippen molar-refractivity contribution in [3.8, 4) is 0 Å². The highest BCUT2D eigenvalue weighted by Gasteiger charge is 2.21. The first-order valence-corrected chi connectivity index (χ1v) is 11.3. The van der Waals surface area contributed by atoms with Crippen LogP contribution in [0.15, 0.2) is 66.7 Å². The second-order valence-corrected chi connectivity index (χ2v) is 8.86. The summed E-state index contributed by atoms with van der Waals surface area (Å²) in [5.41, 5.74) is 6.57. The Hall–Kier alpha value is -3.33. The molecule has 0 N–H and O–H groups in total. The van der Waals surface area contributed by atoms with Crippen LogP contribution in [0.4, 0.5) is 11.4 Å². The van der Waals surface area contributed by atoms with E-state index >= 15 is 0 Å². The molecule has 0 aliphatic rings. The smallest absolute Gasteiger partial charge is 0.135 e. The average Bonchev–Trinajstić information content (AvgIpc) is 2.82. The molecule has 0 fully saturated rings. The Labute approximate surface area is 193 Å². The number of hydrogen-bond acceptors (Lipinski definition) is 1. The van der Waals surface area contributed by atoms with Gasteiger partial charge in [-0.15, -0.1) is 18.2 Å². The Morgan fingerprint density at radius 3 is 1.38 bits per heavy atom. The van der Waals surface area contributed by atoms with Gasteiger partial charge in [-0.1, -0.05) is 64.1 Å². The van der Waals surface area contributed by atoms with Gasteiger partial charge in [-0.2, -0.15) is 0 Å². The summed E-state index contributed by atoms with van der Waals surface area (Å²) in [5, 5.41) is 0. The molecule has 2 aromatic carbocycles. The van der Waals surface area contributed by atoms with Gasteiger partial charge in [0.25, 0.3) is 0 Å². The number of rotatable bonds is 8. The van der Waals surface area contributed by atoms with Crippen LogP contribution < -0.4 is 0 Å². The third-order valence-electron chi connectivity index (χ3n) is 6.00. The summed E-state index contributed by atoms with van der Waals surface area (Å²) < 4.78 is 3.99. The van der Waals surface area contributed by atoms with Crippen LogP contribution in [0.1, 0.15) is 75.9 Å². The van der Waals surface area contributed by atoms with Gasteiger partial charge in [-0.25, -0.2) is 0 Å². The van der Waals surface area contributed by atoms with E-state index in [-0.39, 0.29) is 0 Å². The lowest BCUT2D eigenvalue weighted by atomic mass is 9.99. The molecular formula is C29H35N3. The quantitative estimate of drug-likeness (QED) is 0.212. The predicted molar refractivity (Wildman–Crippen MR) is 135 cm³/mol. The fourth-order valence-electron chi connectivity index (χ4n) is 3.92. The molecule has 0 amide bonds. The van der Waals surface area contributed by atoms with Crippen LogP contribution in [0.25, 0.3) is 0 Å². The number of aromatic nitrogens is 1. The van der Waals surface area contributed by atoms with Gasteiger partial charge in [0, 0.05) is 11.4 Å². The molecule has 0 bridgehead atoms. The normalized spacial score (nSPS) is 11.0. The number of pyridine rings is 1. The molecule has 0 aliphatic carbocycles. The van der Waals surface area contributed by atoms with Crippen molar-refractivity contribution in [1.82, 2.24) is 4.98 Å². The van der Waals surface area contributed by atoms with Crippen molar-refractivity contribution in [2.24, 2.45) is 0 Å². The van der Waals surface area contributed by atoms with Gasteiger partial charge in [0.15, 0.2) is 0 Å². The monoisotopic (exact) mass is 425 g/mol. The first-order chi connectivity index (χ1) is 15.2. The summed E-state index contributed by atoms with van der Waals surface area (Å²) in [6, 6.07) is 25.0. The van der Waals surface area contributed by atoms with E-state index in [2.05, 4.69) is 110 Å². The van der Waals surface area contributed by atoms with Gasteiger partial charge < -0.3 is 0 Å². The van der Waals surface area contributed by atoms with Crippen LogP contribution in [0.3, 0.4) is 0 Å². The van der Waals surface area contributed by atoms with Crippen LogP contribution in [0, 0.1) is 12.1 Å². The second-order valence-electron chi connectivity index (χ2n) is 8.86. The molecule has 0 saturated carbocycles. The lowest BCUT2D eigenvalue weighted by molar-refractivity contribution is -0.409. The first kappa shape index (κ1) is 23.3. The number of hydrogen-bond donors (Lipinski definition) is 0. The Balaban J connectivity index is 1.90. The SMILES string of the molecule is C=[N+](c1ccccc1C(C)C)[C-](C)c1cccc([C-](C)[N+](=C)c2ccccc2C(C)C)n1. The zero-order chi connectivity index (χ0) is 23.4. The highest BCUT2D eigenvalue weighted by Crippen LogP contribution is 2.32. The van der Waals surface area contributed by atoms with Gasteiger partial charge in [0.2, 0.25) is 0 Å². The number of benzene rings is 2. The van der Waals surface area contributed by atoms with Crippen LogP contribution in [0.2, 0.25) is 0 Å². The van der Waals surface area contributed by atoms with Crippen molar-refractivity contribution in [3.05, 3.63) is 101 Å². The van der Waals surface area contributed by atoms with Crippen molar-refractivity contribution in [2.45, 2.75) is 53.4 Å². The highest BCUT2D eigenvalue weighted by molar-refractivity contribution is 5.47. The molecule has 0 aliphatic heterocycles. The van der Waals surface area contributed by atoms with Crippen LogP contribution in [-0.4, -0.2) is 27.6 Å². The van der Waals surface area contributed by atoms with Gasteiger partial charge in [0.1, 0.15) is 23.5 Å². The standard InChI is InChI=1S/C29H35N3/c1-20(2)24-14-9-11-18-28(24)31(7)22(5)26-16-13-17-27(30-26)23(6)32(8)29-19-12-10-15-25(29)21(3)4/h9-21H,7-8H2,1-6H3. The van der Waals surface area contributed by atoms with Crippen LogP contribution in [-0.2, 0) is 0 Å². The van der Waals surface area contributed by atoms with E-state index in [1.165, 1.54) is 11.1 Å². The van der Waals surface area contributed by atoms with Gasteiger partial charge in [0.05, 0.1) is 13.4 Å². The van der Waals surface area contributed by atoms with E-state index in [1.807, 2.05) is 21.3 Å². The molecule has 3 aromatic rings. The minimum Gasteiger partial charge on any atom is -0.290 e. The molecule has 0 unspecified atom stereocenters. The Morgan fingerprint density at radius 1 is 0.625 bits per heavy atom. The maximum Gasteiger partial charge on any atom is 0.135 e. The fourth-order valence-corrected chi connectivity index (χ4v) is 3.92. The third-order valence-corrected chi connectivity index (χ3v) is 6.00. The fraction of sp³-hybridized carbons (Fsp3) is 0.276. The van der Waals surface area contributed by atoms with Gasteiger partial charge >= 0.3 is 0 Å². The summed E-state index contributed by atoms with van der Waals surface area (Å²) in [6.45, 7) is 21.6. The first-order valence-electron chi connectivity index (χ1n) is 11.3. The maximum absolute atomic E-state index is 4.98. The molecule has 0 radical (unpaired) electrons. The summed E-state index contributed by atoms with van der Waals surface area (Å²) in [7, 11) is 0. The Kier molecular flexibility index (Phi) is 7.19. The van der Waals surface area contributed by atoms with Crippen molar-refractivity contribution in [1.29, 1.82) is 0 Å². The minimum absolute atomic E-state index is 0.416. The van der Waals surface area contributed by atoms with Crippen molar-refractivity contribution in [3.63, 3.8) is 0 Å². The summed E-state index contributed by atoms with van der Waals surface area (Å²) in [5.74, 6) is 0.831. The lowest BCUT2D eigenvalue weighted by Crippen LogP contribution is -2.17. The molecule has 3 nitrogen and oxygen atoms in total. The molecule has 3 rings (SSSR count). The molecule has 0 atom stereocenters. The molecule has 1 heterocycles. The lowest BCUT2D eigenvalue weighted by Gasteiger charge is -2.23. The van der Waals surface area contributed by atoms with Crippen molar-refractivity contribution in [2.75, 3.05) is 0 Å². The summed E-state index contributed by atoms with van der Waals surface area (Å²) >= 11 is 0. The molecule has 32 heavy (non-hydrogen) atoms. The zero-order valence-electron chi connectivity index (χ0n) is 20.3. The Bertz CT molecular complexity index is 1030. The minimum atomic E-state index is 0.416. The maximum atomic E-state index is 4.98. The van der Waals surface area contributed by atoms with Crippen molar-refractivity contribution >= 4 is 24.8 Å². The van der Waals surface area contributed by atoms with E-state index in [9.17, 15) is 0 Å². The molecule has 1 aromatic heterocycles. The largest absolute Gasteiger partial charge is 0.290 e. The zero-order valence-corrected chi connectivity index (χ0v) is 20.3. The average molecular weight is 426 g/mol. The number of para-hydroxylation sites is 2. The van der Waals surface area contributed by atoms with E-state index < -0.39 is 0 Å². The molecule has 3 heteroatoms. The third kappa shape index (κ3) is 4.77. The Morgan fingerprint density at radius 2 is 1.00 bits per heavy atom. The van der Waals surface area contributed by atoms with E-state index in [0.717, 1.165) is 34.8 Å². The van der Waals surface area contributed by atoms with Crippen LogP contribution in [0.5, 0.6) is 0 Å². The van der Waals surface area contributed by atoms with E-state index in [4.69, 9.17) is 4.98 Å². The van der Waals surface area contributed by atoms with Gasteiger partial charge in [-0.3, -0.25) is 14.1 Å². The number of nitrogens with zero attached hydrogens (tertiary/aromatic N) is 3. The highest BCUT2D eigenvalue weighted by atomic mass is 15.1. The molecule has 166 valence electrons. The summed E-state index contributed by atoms with van der Waals surface area (Å²) in [6.07, 6.45) is 0.